The Balaban J connectivity index is 1.68. The molecule has 0 radical (unpaired) electrons. The van der Waals surface area contributed by atoms with E-state index in [1.807, 2.05) is 0 Å². The molecule has 21 heavy (non-hydrogen) atoms. The van der Waals surface area contributed by atoms with Crippen molar-refractivity contribution in [1.29, 1.82) is 0 Å². The average Bonchev–Trinajstić information content (AvgIpc) is 2.79. The summed E-state index contributed by atoms with van der Waals surface area (Å²) in [5.41, 5.74) is 6.93. The van der Waals surface area contributed by atoms with Crippen LogP contribution in [0.1, 0.15) is 5.56 Å². The highest BCUT2D eigenvalue weighted by atomic mass is 35.5. The van der Waals surface area contributed by atoms with Gasteiger partial charge in [0.15, 0.2) is 5.75 Å². The molecule has 1 heterocycles. The lowest BCUT2D eigenvalue weighted by Crippen LogP contribution is -2.22. The minimum Gasteiger partial charge on any atom is -0.487 e. The monoisotopic (exact) mass is 327 g/mol. The second kappa shape index (κ2) is 5.62. The largest absolute Gasteiger partial charge is 0.487 e. The van der Waals surface area contributed by atoms with E-state index in [4.69, 9.17) is 38.4 Å². The van der Waals surface area contributed by atoms with Crippen molar-refractivity contribution < 1.29 is 13.9 Å². The summed E-state index contributed by atoms with van der Waals surface area (Å²) in [5.74, 6) is 0.779. The Morgan fingerprint density at radius 1 is 1.24 bits per heavy atom. The number of nitrogens with two attached hydrogens (primary N) is 1. The summed E-state index contributed by atoms with van der Waals surface area (Å²) in [7, 11) is 0. The molecule has 0 spiro atoms. The third-order valence-corrected chi connectivity index (χ3v) is 3.76. The van der Waals surface area contributed by atoms with Crippen LogP contribution in [0.3, 0.4) is 0 Å². The molecule has 0 bridgehead atoms. The fourth-order valence-corrected chi connectivity index (χ4v) is 2.89. The second-order valence-electron chi connectivity index (χ2n) is 4.82. The summed E-state index contributed by atoms with van der Waals surface area (Å²) in [6.45, 7) is 0.264. The van der Waals surface area contributed by atoms with Crippen LogP contribution in [0.4, 0.5) is 10.1 Å². The molecular formula is C15H12Cl2FNO2. The predicted octanol–water partition coefficient (Wildman–Crippen LogP) is 4.10. The Morgan fingerprint density at radius 2 is 1.95 bits per heavy atom. The summed E-state index contributed by atoms with van der Waals surface area (Å²) in [6.07, 6.45) is 0.378. The van der Waals surface area contributed by atoms with E-state index in [0.29, 0.717) is 33.7 Å². The van der Waals surface area contributed by atoms with Gasteiger partial charge in [-0.3, -0.25) is 0 Å². The van der Waals surface area contributed by atoms with Crippen molar-refractivity contribution in [3.8, 4) is 11.5 Å². The number of anilines is 1. The van der Waals surface area contributed by atoms with Gasteiger partial charge < -0.3 is 15.2 Å². The number of ether oxygens (including phenoxy) is 2. The van der Waals surface area contributed by atoms with Gasteiger partial charge in [0, 0.05) is 17.7 Å². The fourth-order valence-electron chi connectivity index (χ4n) is 2.28. The SMILES string of the molecule is Nc1cc(Cl)c(OCC2Cc3cc(F)ccc3O2)c(Cl)c1. The molecule has 1 aliphatic rings. The minimum atomic E-state index is -0.274. The van der Waals surface area contributed by atoms with Crippen LogP contribution < -0.4 is 15.2 Å². The van der Waals surface area contributed by atoms with Crippen LogP contribution in [-0.4, -0.2) is 12.7 Å². The van der Waals surface area contributed by atoms with Crippen LogP contribution in [0.5, 0.6) is 11.5 Å². The van der Waals surface area contributed by atoms with Gasteiger partial charge in [-0.15, -0.1) is 0 Å². The van der Waals surface area contributed by atoms with Crippen molar-refractivity contribution in [1.82, 2.24) is 0 Å². The van der Waals surface area contributed by atoms with E-state index in [2.05, 4.69) is 0 Å². The number of nitrogen functional groups attached to an aromatic ring is 1. The maximum Gasteiger partial charge on any atom is 0.156 e. The van der Waals surface area contributed by atoms with Crippen LogP contribution in [0.2, 0.25) is 10.0 Å². The van der Waals surface area contributed by atoms with E-state index in [1.54, 1.807) is 18.2 Å². The van der Waals surface area contributed by atoms with Crippen LogP contribution >= 0.6 is 23.2 Å². The van der Waals surface area contributed by atoms with Crippen molar-refractivity contribution in [2.45, 2.75) is 12.5 Å². The maximum atomic E-state index is 13.1. The number of halogens is 3. The summed E-state index contributed by atoms with van der Waals surface area (Å²) in [5, 5.41) is 0.697. The smallest absolute Gasteiger partial charge is 0.156 e. The first-order chi connectivity index (χ1) is 10.0. The van der Waals surface area contributed by atoms with Gasteiger partial charge >= 0.3 is 0 Å². The van der Waals surface area contributed by atoms with E-state index in [1.165, 1.54) is 12.1 Å². The number of rotatable bonds is 3. The third-order valence-electron chi connectivity index (χ3n) is 3.20. The van der Waals surface area contributed by atoms with Gasteiger partial charge in [-0.2, -0.15) is 0 Å². The molecule has 1 unspecified atom stereocenters. The molecule has 1 atom stereocenters. The van der Waals surface area contributed by atoms with Gasteiger partial charge in [-0.25, -0.2) is 4.39 Å². The first-order valence-corrected chi connectivity index (χ1v) is 7.11. The van der Waals surface area contributed by atoms with E-state index in [9.17, 15) is 4.39 Å². The standard InChI is InChI=1S/C15H12Cl2FNO2/c16-12-5-10(19)6-13(17)15(12)20-7-11-4-8-3-9(18)1-2-14(8)21-11/h1-3,5-6,11H,4,7,19H2. The molecule has 2 aromatic carbocycles. The Kier molecular flexibility index (Phi) is 3.83. The first kappa shape index (κ1) is 14.3. The molecule has 0 fully saturated rings. The maximum absolute atomic E-state index is 13.1. The molecule has 0 aliphatic carbocycles. The lowest BCUT2D eigenvalue weighted by atomic mass is 10.1. The summed E-state index contributed by atoms with van der Waals surface area (Å²) >= 11 is 12.1. The molecule has 0 aromatic heterocycles. The second-order valence-corrected chi connectivity index (χ2v) is 5.64. The predicted molar refractivity (Wildman–Crippen MR) is 80.9 cm³/mol. The molecular weight excluding hydrogens is 316 g/mol. The van der Waals surface area contributed by atoms with Crippen molar-refractivity contribution in [2.75, 3.05) is 12.3 Å². The molecule has 6 heteroatoms. The molecule has 3 nitrogen and oxygen atoms in total. The molecule has 0 saturated carbocycles. The fraction of sp³-hybridized carbons (Fsp3) is 0.200. The number of fused-ring (bicyclic) bond motifs is 1. The average molecular weight is 328 g/mol. The topological polar surface area (TPSA) is 44.5 Å². The summed E-state index contributed by atoms with van der Waals surface area (Å²) in [6, 6.07) is 7.60. The van der Waals surface area contributed by atoms with Crippen LogP contribution in [-0.2, 0) is 6.42 Å². The van der Waals surface area contributed by atoms with Crippen LogP contribution in [0.15, 0.2) is 30.3 Å². The van der Waals surface area contributed by atoms with Gasteiger partial charge in [0.1, 0.15) is 24.3 Å². The van der Waals surface area contributed by atoms with Crippen LogP contribution in [0, 0.1) is 5.82 Å². The van der Waals surface area contributed by atoms with Crippen LogP contribution in [0.25, 0.3) is 0 Å². The van der Waals surface area contributed by atoms with Gasteiger partial charge in [-0.1, -0.05) is 23.2 Å². The number of hydrogen-bond donors (Lipinski definition) is 1. The number of hydrogen-bond acceptors (Lipinski definition) is 3. The Labute approximate surface area is 131 Å². The van der Waals surface area contributed by atoms with Gasteiger partial charge in [0.05, 0.1) is 10.0 Å². The molecule has 0 saturated heterocycles. The highest BCUT2D eigenvalue weighted by Gasteiger charge is 2.24. The van der Waals surface area contributed by atoms with Crippen molar-refractivity contribution >= 4 is 28.9 Å². The first-order valence-electron chi connectivity index (χ1n) is 6.35. The third kappa shape index (κ3) is 3.01. The van der Waals surface area contributed by atoms with E-state index in [0.717, 1.165) is 5.56 Å². The quantitative estimate of drug-likeness (QED) is 0.863. The Morgan fingerprint density at radius 3 is 2.67 bits per heavy atom. The minimum absolute atomic E-state index is 0.202. The zero-order valence-electron chi connectivity index (χ0n) is 10.9. The van der Waals surface area contributed by atoms with Gasteiger partial charge in [0.2, 0.25) is 0 Å². The van der Waals surface area contributed by atoms with E-state index < -0.39 is 0 Å². The Bertz CT molecular complexity index is 670. The Hall–Kier alpha value is -1.65. The van der Waals surface area contributed by atoms with Crippen molar-refractivity contribution in [3.63, 3.8) is 0 Å². The number of benzene rings is 2. The molecule has 0 amide bonds. The van der Waals surface area contributed by atoms with Crippen molar-refractivity contribution in [2.24, 2.45) is 0 Å². The molecule has 2 aromatic rings. The summed E-state index contributed by atoms with van der Waals surface area (Å²) in [4.78, 5) is 0. The lowest BCUT2D eigenvalue weighted by Gasteiger charge is -2.14. The van der Waals surface area contributed by atoms with Crippen molar-refractivity contribution in [3.05, 3.63) is 51.8 Å². The molecule has 2 N–H and O–H groups in total. The zero-order valence-corrected chi connectivity index (χ0v) is 12.4. The lowest BCUT2D eigenvalue weighted by molar-refractivity contribution is 0.148. The van der Waals surface area contributed by atoms with Gasteiger partial charge in [0.25, 0.3) is 0 Å². The summed E-state index contributed by atoms with van der Waals surface area (Å²) < 4.78 is 24.5. The molecule has 3 rings (SSSR count). The molecule has 1 aliphatic heterocycles. The van der Waals surface area contributed by atoms with E-state index >= 15 is 0 Å². The zero-order chi connectivity index (χ0) is 15.0. The van der Waals surface area contributed by atoms with Gasteiger partial charge in [-0.05, 0) is 30.3 Å². The van der Waals surface area contributed by atoms with E-state index in [-0.39, 0.29) is 18.5 Å². The highest BCUT2D eigenvalue weighted by molar-refractivity contribution is 6.37. The normalized spacial score (nSPS) is 16.4. The molecule has 110 valence electrons. The highest BCUT2D eigenvalue weighted by Crippen LogP contribution is 2.36.